The molecule has 43 heavy (non-hydrogen) atoms. The van der Waals surface area contributed by atoms with Gasteiger partial charge in [-0.05, 0) is 62.1 Å². The standard InChI is InChI=1S/C33H40ClN3O5S/c1-4-30(33(39)35-26-13-9-6-10-14-26)36(22-25-11-7-5-8-12-25)32(38)23-37(27-17-20-31(42-3)29(34)21-27)43(40,41)28-18-15-24(2)16-19-28/h5,7-8,11-12,15-21,26,30H,4,6,9-10,13-14,22-23H2,1-3H3,(H,35,39)/t30-/m0/s1. The molecule has 0 aliphatic heterocycles. The van der Waals surface area contributed by atoms with Crippen molar-refractivity contribution in [3.8, 4) is 5.75 Å². The quantitative estimate of drug-likeness (QED) is 0.262. The summed E-state index contributed by atoms with van der Waals surface area (Å²) in [5, 5.41) is 3.37. The number of benzene rings is 3. The topological polar surface area (TPSA) is 96.0 Å². The van der Waals surface area contributed by atoms with Crippen molar-refractivity contribution in [2.45, 2.75) is 75.9 Å². The first-order chi connectivity index (χ1) is 20.6. The van der Waals surface area contributed by atoms with Crippen molar-refractivity contribution in [3.63, 3.8) is 0 Å². The summed E-state index contributed by atoms with van der Waals surface area (Å²) in [6, 6.07) is 19.7. The zero-order valence-corrected chi connectivity index (χ0v) is 26.5. The second kappa shape index (κ2) is 14.8. The Kier molecular flexibility index (Phi) is 11.1. The SMILES string of the molecule is CC[C@@H](C(=O)NC1CCCCC1)N(Cc1ccccc1)C(=O)CN(c1ccc(OC)c(Cl)c1)S(=O)(=O)c1ccc(C)cc1. The van der Waals surface area contributed by atoms with Crippen molar-refractivity contribution >= 4 is 39.1 Å². The average Bonchev–Trinajstić information content (AvgIpc) is 3.00. The van der Waals surface area contributed by atoms with Gasteiger partial charge in [-0.25, -0.2) is 8.42 Å². The molecule has 2 amide bonds. The normalized spacial score (nSPS) is 14.5. The van der Waals surface area contributed by atoms with Crippen LogP contribution in [0.4, 0.5) is 5.69 Å². The van der Waals surface area contributed by atoms with E-state index in [1.807, 2.05) is 44.2 Å². The maximum absolute atomic E-state index is 14.3. The van der Waals surface area contributed by atoms with Crippen LogP contribution in [-0.2, 0) is 26.2 Å². The molecule has 3 aromatic rings. The van der Waals surface area contributed by atoms with E-state index in [4.69, 9.17) is 16.3 Å². The lowest BCUT2D eigenvalue weighted by Crippen LogP contribution is -2.54. The fourth-order valence-electron chi connectivity index (χ4n) is 5.42. The Hall–Kier alpha value is -3.56. The number of amides is 2. The smallest absolute Gasteiger partial charge is 0.264 e. The summed E-state index contributed by atoms with van der Waals surface area (Å²) >= 11 is 6.41. The van der Waals surface area contributed by atoms with Gasteiger partial charge in [-0.15, -0.1) is 0 Å². The molecule has 4 rings (SSSR count). The molecule has 0 radical (unpaired) electrons. The van der Waals surface area contributed by atoms with Crippen molar-refractivity contribution in [1.29, 1.82) is 0 Å². The molecule has 1 aliphatic rings. The van der Waals surface area contributed by atoms with E-state index in [9.17, 15) is 18.0 Å². The molecule has 1 saturated carbocycles. The third-order valence-corrected chi connectivity index (χ3v) is 9.93. The first-order valence-electron chi connectivity index (χ1n) is 14.7. The van der Waals surface area contributed by atoms with Gasteiger partial charge in [-0.2, -0.15) is 0 Å². The van der Waals surface area contributed by atoms with E-state index in [0.717, 1.165) is 47.5 Å². The van der Waals surface area contributed by atoms with Gasteiger partial charge in [0.05, 0.1) is 22.7 Å². The minimum Gasteiger partial charge on any atom is -0.495 e. The number of nitrogens with one attached hydrogen (secondary N) is 1. The summed E-state index contributed by atoms with van der Waals surface area (Å²) < 4.78 is 34.4. The summed E-state index contributed by atoms with van der Waals surface area (Å²) in [5.74, 6) is -0.350. The van der Waals surface area contributed by atoms with Crippen LogP contribution in [0.1, 0.15) is 56.6 Å². The summed E-state index contributed by atoms with van der Waals surface area (Å²) in [4.78, 5) is 29.4. The number of anilines is 1. The van der Waals surface area contributed by atoms with Crippen LogP contribution < -0.4 is 14.4 Å². The Labute approximate surface area is 260 Å². The molecule has 0 bridgehead atoms. The number of sulfonamides is 1. The molecular weight excluding hydrogens is 586 g/mol. The van der Waals surface area contributed by atoms with Crippen LogP contribution in [0.15, 0.2) is 77.7 Å². The molecule has 0 aromatic heterocycles. The number of hydrogen-bond acceptors (Lipinski definition) is 5. The molecule has 3 aromatic carbocycles. The van der Waals surface area contributed by atoms with Crippen LogP contribution in [0.3, 0.4) is 0 Å². The van der Waals surface area contributed by atoms with Gasteiger partial charge < -0.3 is 15.0 Å². The summed E-state index contributed by atoms with van der Waals surface area (Å²) in [6.45, 7) is 3.35. The Bertz CT molecular complexity index is 1490. The van der Waals surface area contributed by atoms with Crippen LogP contribution in [0.2, 0.25) is 5.02 Å². The molecule has 10 heteroatoms. The van der Waals surface area contributed by atoms with Gasteiger partial charge in [-0.1, -0.05) is 85.8 Å². The highest BCUT2D eigenvalue weighted by atomic mass is 35.5. The largest absolute Gasteiger partial charge is 0.495 e. The van der Waals surface area contributed by atoms with E-state index in [1.54, 1.807) is 24.3 Å². The minimum absolute atomic E-state index is 0.0366. The van der Waals surface area contributed by atoms with Crippen LogP contribution in [0, 0.1) is 6.92 Å². The summed E-state index contributed by atoms with van der Waals surface area (Å²) in [5.41, 5.74) is 1.94. The van der Waals surface area contributed by atoms with Gasteiger partial charge >= 0.3 is 0 Å². The Morgan fingerprint density at radius 2 is 1.67 bits per heavy atom. The number of nitrogens with zero attached hydrogens (tertiary/aromatic N) is 2. The maximum atomic E-state index is 14.3. The molecule has 1 fully saturated rings. The molecule has 0 unspecified atom stereocenters. The summed E-state index contributed by atoms with van der Waals surface area (Å²) in [6.07, 6.45) is 5.47. The molecule has 0 spiro atoms. The third kappa shape index (κ3) is 8.09. The molecule has 1 aliphatic carbocycles. The van der Waals surface area contributed by atoms with Crippen LogP contribution in [0.5, 0.6) is 5.75 Å². The van der Waals surface area contributed by atoms with Crippen molar-refractivity contribution in [2.24, 2.45) is 0 Å². The van der Waals surface area contributed by atoms with Gasteiger partial charge in [0.1, 0.15) is 18.3 Å². The average molecular weight is 626 g/mol. The van der Waals surface area contributed by atoms with E-state index in [-0.39, 0.29) is 34.1 Å². The molecule has 0 saturated heterocycles. The fraction of sp³-hybridized carbons (Fsp3) is 0.394. The third-order valence-electron chi connectivity index (χ3n) is 7.84. The lowest BCUT2D eigenvalue weighted by Gasteiger charge is -2.34. The van der Waals surface area contributed by atoms with Crippen LogP contribution in [-0.4, -0.2) is 50.9 Å². The van der Waals surface area contributed by atoms with E-state index < -0.39 is 28.5 Å². The molecule has 1 N–H and O–H groups in total. The van der Waals surface area contributed by atoms with Crippen LogP contribution in [0.25, 0.3) is 0 Å². The number of rotatable bonds is 12. The van der Waals surface area contributed by atoms with Crippen molar-refractivity contribution < 1.29 is 22.7 Å². The second-order valence-corrected chi connectivity index (χ2v) is 13.2. The number of halogens is 1. The highest BCUT2D eigenvalue weighted by molar-refractivity contribution is 7.92. The van der Waals surface area contributed by atoms with Crippen molar-refractivity contribution in [3.05, 3.63) is 88.9 Å². The second-order valence-electron chi connectivity index (χ2n) is 10.9. The predicted molar refractivity (Wildman–Crippen MR) is 170 cm³/mol. The van der Waals surface area contributed by atoms with Crippen molar-refractivity contribution in [1.82, 2.24) is 10.2 Å². The van der Waals surface area contributed by atoms with Crippen LogP contribution >= 0.6 is 11.6 Å². The number of hydrogen-bond donors (Lipinski definition) is 1. The highest BCUT2D eigenvalue weighted by Gasteiger charge is 2.34. The minimum atomic E-state index is -4.20. The van der Waals surface area contributed by atoms with E-state index >= 15 is 0 Å². The number of ether oxygens (including phenoxy) is 1. The Morgan fingerprint density at radius 1 is 1.00 bits per heavy atom. The zero-order valence-electron chi connectivity index (χ0n) is 25.0. The predicted octanol–water partition coefficient (Wildman–Crippen LogP) is 6.11. The van der Waals surface area contributed by atoms with Gasteiger partial charge in [-0.3, -0.25) is 13.9 Å². The monoisotopic (exact) mass is 625 g/mol. The molecule has 230 valence electrons. The first kappa shape index (κ1) is 32.4. The van der Waals surface area contributed by atoms with Gasteiger partial charge in [0.25, 0.3) is 10.0 Å². The first-order valence-corrected chi connectivity index (χ1v) is 16.5. The number of carbonyl (C=O) groups excluding carboxylic acids is 2. The fourth-order valence-corrected chi connectivity index (χ4v) is 7.08. The molecule has 1 atom stereocenters. The molecule has 0 heterocycles. The van der Waals surface area contributed by atoms with Crippen molar-refractivity contribution in [2.75, 3.05) is 18.0 Å². The zero-order chi connectivity index (χ0) is 31.0. The van der Waals surface area contributed by atoms with Gasteiger partial charge in [0.2, 0.25) is 11.8 Å². The number of aryl methyl sites for hydroxylation is 1. The van der Waals surface area contributed by atoms with Gasteiger partial charge in [0.15, 0.2) is 0 Å². The van der Waals surface area contributed by atoms with E-state index in [0.29, 0.717) is 12.2 Å². The van der Waals surface area contributed by atoms with Gasteiger partial charge in [0, 0.05) is 12.6 Å². The molecular formula is C33H40ClN3O5S. The molecule has 8 nitrogen and oxygen atoms in total. The maximum Gasteiger partial charge on any atom is 0.264 e. The van der Waals surface area contributed by atoms with E-state index in [1.165, 1.54) is 30.2 Å². The number of carbonyl (C=O) groups is 2. The lowest BCUT2D eigenvalue weighted by atomic mass is 9.95. The van der Waals surface area contributed by atoms with E-state index in [2.05, 4.69) is 5.32 Å². The number of methoxy groups -OCH3 is 1. The Morgan fingerprint density at radius 3 is 2.28 bits per heavy atom. The summed E-state index contributed by atoms with van der Waals surface area (Å²) in [7, 11) is -2.73. The Balaban J connectivity index is 1.72. The highest BCUT2D eigenvalue weighted by Crippen LogP contribution is 2.32. The lowest BCUT2D eigenvalue weighted by molar-refractivity contribution is -0.140.